The topological polar surface area (TPSA) is 15.3 Å². The molecule has 2 unspecified atom stereocenters. The van der Waals surface area contributed by atoms with Crippen molar-refractivity contribution in [2.45, 2.75) is 51.1 Å². The van der Waals surface area contributed by atoms with Gasteiger partial charge < -0.3 is 5.32 Å². The zero-order valence-corrected chi connectivity index (χ0v) is 10.1. The third-order valence-corrected chi connectivity index (χ3v) is 4.66. The summed E-state index contributed by atoms with van der Waals surface area (Å²) in [7, 11) is 0. The summed E-state index contributed by atoms with van der Waals surface area (Å²) in [5.41, 5.74) is 0.481. The Morgan fingerprint density at radius 1 is 1.27 bits per heavy atom. The highest BCUT2D eigenvalue weighted by molar-refractivity contribution is 5.05. The van der Waals surface area contributed by atoms with Crippen LogP contribution in [0.4, 0.5) is 0 Å². The fraction of sp³-hybridized carbons (Fsp3) is 1.00. The molecule has 2 heteroatoms. The fourth-order valence-electron chi connectivity index (χ4n) is 3.10. The third kappa shape index (κ3) is 1.94. The average Bonchev–Trinajstić information content (AvgIpc) is 2.99. The number of rotatable bonds is 3. The molecule has 3 aliphatic rings. The lowest BCUT2D eigenvalue weighted by atomic mass is 9.89. The van der Waals surface area contributed by atoms with E-state index in [-0.39, 0.29) is 0 Å². The SMILES string of the molecule is CC1CN(CC2CC2)C(C)(C2CC2)CN1. The summed E-state index contributed by atoms with van der Waals surface area (Å²) >= 11 is 0. The molecule has 86 valence electrons. The minimum absolute atomic E-state index is 0.481. The summed E-state index contributed by atoms with van der Waals surface area (Å²) in [6, 6.07) is 0.690. The summed E-state index contributed by atoms with van der Waals surface area (Å²) in [5, 5.41) is 3.68. The van der Waals surface area contributed by atoms with E-state index in [4.69, 9.17) is 0 Å². The lowest BCUT2D eigenvalue weighted by molar-refractivity contribution is 0.0343. The smallest absolute Gasteiger partial charge is 0.0334 e. The summed E-state index contributed by atoms with van der Waals surface area (Å²) < 4.78 is 0. The lowest BCUT2D eigenvalue weighted by Crippen LogP contribution is -2.64. The van der Waals surface area contributed by atoms with Crippen LogP contribution >= 0.6 is 0 Å². The van der Waals surface area contributed by atoms with Crippen molar-refractivity contribution in [2.75, 3.05) is 19.6 Å². The van der Waals surface area contributed by atoms with Gasteiger partial charge in [0.1, 0.15) is 0 Å². The highest BCUT2D eigenvalue weighted by Gasteiger charge is 2.48. The average molecular weight is 208 g/mol. The van der Waals surface area contributed by atoms with E-state index < -0.39 is 0 Å². The Balaban J connectivity index is 1.71. The Morgan fingerprint density at radius 2 is 2.00 bits per heavy atom. The van der Waals surface area contributed by atoms with Crippen molar-refractivity contribution in [2.24, 2.45) is 11.8 Å². The maximum absolute atomic E-state index is 3.68. The molecule has 0 amide bonds. The van der Waals surface area contributed by atoms with E-state index >= 15 is 0 Å². The monoisotopic (exact) mass is 208 g/mol. The van der Waals surface area contributed by atoms with Gasteiger partial charge in [0.25, 0.3) is 0 Å². The van der Waals surface area contributed by atoms with Crippen molar-refractivity contribution in [3.8, 4) is 0 Å². The lowest BCUT2D eigenvalue weighted by Gasteiger charge is -2.48. The van der Waals surface area contributed by atoms with E-state index in [9.17, 15) is 0 Å². The van der Waals surface area contributed by atoms with Gasteiger partial charge >= 0.3 is 0 Å². The van der Waals surface area contributed by atoms with Gasteiger partial charge in [-0.3, -0.25) is 4.90 Å². The van der Waals surface area contributed by atoms with E-state index in [1.54, 1.807) is 0 Å². The summed E-state index contributed by atoms with van der Waals surface area (Å²) in [6.45, 7) is 8.67. The van der Waals surface area contributed by atoms with Crippen LogP contribution in [-0.4, -0.2) is 36.1 Å². The molecule has 1 saturated heterocycles. The number of hydrogen-bond donors (Lipinski definition) is 1. The third-order valence-electron chi connectivity index (χ3n) is 4.66. The van der Waals surface area contributed by atoms with Gasteiger partial charge in [-0.05, 0) is 51.4 Å². The van der Waals surface area contributed by atoms with Crippen LogP contribution in [0.3, 0.4) is 0 Å². The quantitative estimate of drug-likeness (QED) is 0.761. The van der Waals surface area contributed by atoms with E-state index in [1.165, 1.54) is 45.3 Å². The summed E-state index contributed by atoms with van der Waals surface area (Å²) in [4.78, 5) is 2.81. The maximum atomic E-state index is 3.68. The van der Waals surface area contributed by atoms with Crippen LogP contribution in [0.15, 0.2) is 0 Å². The van der Waals surface area contributed by atoms with Crippen LogP contribution in [0.5, 0.6) is 0 Å². The van der Waals surface area contributed by atoms with Crippen molar-refractivity contribution in [3.05, 3.63) is 0 Å². The molecule has 3 rings (SSSR count). The first-order valence-corrected chi connectivity index (χ1v) is 6.67. The number of piperazine rings is 1. The molecule has 0 bridgehead atoms. The Bertz CT molecular complexity index is 243. The van der Waals surface area contributed by atoms with Gasteiger partial charge in [-0.25, -0.2) is 0 Å². The van der Waals surface area contributed by atoms with Crippen molar-refractivity contribution in [1.29, 1.82) is 0 Å². The first-order chi connectivity index (χ1) is 7.18. The summed E-state index contributed by atoms with van der Waals surface area (Å²) in [5.74, 6) is 2.02. The van der Waals surface area contributed by atoms with E-state index in [1.807, 2.05) is 0 Å². The second kappa shape index (κ2) is 3.46. The van der Waals surface area contributed by atoms with Crippen molar-refractivity contribution in [1.82, 2.24) is 10.2 Å². The number of hydrogen-bond acceptors (Lipinski definition) is 2. The van der Waals surface area contributed by atoms with Crippen LogP contribution in [0, 0.1) is 11.8 Å². The van der Waals surface area contributed by atoms with Crippen molar-refractivity contribution in [3.63, 3.8) is 0 Å². The molecule has 2 aliphatic carbocycles. The minimum atomic E-state index is 0.481. The molecule has 2 nitrogen and oxygen atoms in total. The first kappa shape index (κ1) is 10.1. The molecule has 0 spiro atoms. The molecule has 15 heavy (non-hydrogen) atoms. The molecule has 0 aromatic heterocycles. The van der Waals surface area contributed by atoms with Crippen LogP contribution < -0.4 is 5.32 Å². The molecule has 1 aliphatic heterocycles. The van der Waals surface area contributed by atoms with E-state index in [0.29, 0.717) is 11.6 Å². The van der Waals surface area contributed by atoms with Gasteiger partial charge in [0.15, 0.2) is 0 Å². The first-order valence-electron chi connectivity index (χ1n) is 6.67. The Morgan fingerprint density at radius 3 is 2.60 bits per heavy atom. The number of nitrogens with one attached hydrogen (secondary N) is 1. The van der Waals surface area contributed by atoms with E-state index in [2.05, 4.69) is 24.1 Å². The number of nitrogens with zero attached hydrogens (tertiary/aromatic N) is 1. The van der Waals surface area contributed by atoms with Gasteiger partial charge in [0, 0.05) is 31.2 Å². The maximum Gasteiger partial charge on any atom is 0.0334 e. The zero-order chi connectivity index (χ0) is 10.5. The standard InChI is InChI=1S/C13H24N2/c1-10-7-15(8-11-3-4-11)13(2,9-14-10)12-5-6-12/h10-12,14H,3-9H2,1-2H3. The van der Waals surface area contributed by atoms with Crippen molar-refractivity contribution < 1.29 is 0 Å². The molecule has 1 N–H and O–H groups in total. The van der Waals surface area contributed by atoms with Gasteiger partial charge in [0.05, 0.1) is 0 Å². The largest absolute Gasteiger partial charge is 0.311 e. The Labute approximate surface area is 93.4 Å². The Kier molecular flexibility index (Phi) is 2.33. The molecule has 0 aromatic carbocycles. The molecule has 2 saturated carbocycles. The van der Waals surface area contributed by atoms with Gasteiger partial charge in [0.2, 0.25) is 0 Å². The molecule has 2 atom stereocenters. The molecule has 0 aromatic rings. The Hall–Kier alpha value is -0.0800. The van der Waals surface area contributed by atoms with Crippen LogP contribution in [0.2, 0.25) is 0 Å². The predicted molar refractivity (Wildman–Crippen MR) is 62.9 cm³/mol. The van der Waals surface area contributed by atoms with Crippen molar-refractivity contribution >= 4 is 0 Å². The normalized spacial score (nSPS) is 43.2. The second-order valence-corrected chi connectivity index (χ2v) is 6.26. The predicted octanol–water partition coefficient (Wildman–Crippen LogP) is 1.86. The molecule has 3 fully saturated rings. The minimum Gasteiger partial charge on any atom is -0.311 e. The van der Waals surface area contributed by atoms with E-state index in [0.717, 1.165) is 11.8 Å². The molecular weight excluding hydrogens is 184 g/mol. The van der Waals surface area contributed by atoms with Crippen LogP contribution in [0.1, 0.15) is 39.5 Å². The van der Waals surface area contributed by atoms with Gasteiger partial charge in [-0.15, -0.1) is 0 Å². The van der Waals surface area contributed by atoms with Crippen LogP contribution in [0.25, 0.3) is 0 Å². The highest BCUT2D eigenvalue weighted by Crippen LogP contribution is 2.45. The fourth-order valence-corrected chi connectivity index (χ4v) is 3.10. The van der Waals surface area contributed by atoms with Crippen LogP contribution in [-0.2, 0) is 0 Å². The molecule has 0 radical (unpaired) electrons. The molecule has 1 heterocycles. The van der Waals surface area contributed by atoms with Gasteiger partial charge in [-0.1, -0.05) is 0 Å². The second-order valence-electron chi connectivity index (χ2n) is 6.26. The summed E-state index contributed by atoms with van der Waals surface area (Å²) in [6.07, 6.45) is 5.90. The molecular formula is C13H24N2. The van der Waals surface area contributed by atoms with Gasteiger partial charge in [-0.2, -0.15) is 0 Å². The highest BCUT2D eigenvalue weighted by atomic mass is 15.3. The zero-order valence-electron chi connectivity index (χ0n) is 10.1.